The number of quaternary nitrogens is 1. The summed E-state index contributed by atoms with van der Waals surface area (Å²) in [5, 5.41) is 13.7. The minimum Gasteiger partial charge on any atom is -0.756 e. The Hall–Kier alpha value is -1.54. The third kappa shape index (κ3) is 36.8. The third-order valence-corrected chi connectivity index (χ3v) is 10.0. The number of allylic oxidation sites excluding steroid dienone is 8. The van der Waals surface area contributed by atoms with E-state index in [1.807, 2.05) is 21.1 Å². The lowest BCUT2D eigenvalue weighted by atomic mass is 10.0. The predicted molar refractivity (Wildman–Crippen MR) is 219 cm³/mol. The van der Waals surface area contributed by atoms with Gasteiger partial charge in [0.25, 0.3) is 7.82 Å². The van der Waals surface area contributed by atoms with E-state index in [9.17, 15) is 19.4 Å². The Balaban J connectivity index is 4.03. The molecule has 3 atom stereocenters. The molecule has 2 N–H and O–H groups in total. The van der Waals surface area contributed by atoms with Gasteiger partial charge >= 0.3 is 0 Å². The standard InChI is InChI=1S/C43H81N2O6P/c1-6-8-10-12-13-14-15-16-17-18-19-20-21-22-23-24-25-26-27-28-29-30-31-33-35-37-43(47)44-41(42(46)36-34-32-11-9-7-2)40-51-52(48,49)50-39-38-45(3,4)5/h8,10,13-14,16-17,19-20,41-42,46H,6-7,9,11-12,15,18,21-40H2,1-5H3,(H-,44,47,48,49)/b10-8-,14-13-,17-16-,20-19-. The summed E-state index contributed by atoms with van der Waals surface area (Å²) < 4.78 is 23.0. The van der Waals surface area contributed by atoms with Crippen molar-refractivity contribution in [3.05, 3.63) is 48.6 Å². The molecular weight excluding hydrogens is 671 g/mol. The zero-order valence-electron chi connectivity index (χ0n) is 34.2. The van der Waals surface area contributed by atoms with Crippen molar-refractivity contribution in [1.29, 1.82) is 0 Å². The average molecular weight is 753 g/mol. The van der Waals surface area contributed by atoms with Gasteiger partial charge < -0.3 is 28.8 Å². The molecule has 0 rings (SSSR count). The lowest BCUT2D eigenvalue weighted by Crippen LogP contribution is -2.46. The van der Waals surface area contributed by atoms with Gasteiger partial charge in [0.05, 0.1) is 39.9 Å². The van der Waals surface area contributed by atoms with Gasteiger partial charge in [-0.2, -0.15) is 0 Å². The van der Waals surface area contributed by atoms with Crippen LogP contribution in [-0.4, -0.2) is 68.5 Å². The van der Waals surface area contributed by atoms with Crippen molar-refractivity contribution >= 4 is 13.7 Å². The molecular formula is C43H81N2O6P. The highest BCUT2D eigenvalue weighted by molar-refractivity contribution is 7.45. The van der Waals surface area contributed by atoms with Gasteiger partial charge in [-0.1, -0.05) is 159 Å². The maximum atomic E-state index is 12.7. The minimum atomic E-state index is -4.55. The number of aliphatic hydroxyl groups excluding tert-OH is 1. The Morgan fingerprint density at radius 1 is 0.692 bits per heavy atom. The van der Waals surface area contributed by atoms with Gasteiger partial charge in [-0.3, -0.25) is 9.36 Å². The molecule has 0 aromatic heterocycles. The summed E-state index contributed by atoms with van der Waals surface area (Å²) in [7, 11) is 1.29. The maximum Gasteiger partial charge on any atom is 0.268 e. The molecule has 0 aliphatic rings. The highest BCUT2D eigenvalue weighted by Crippen LogP contribution is 2.38. The Bertz CT molecular complexity index is 991. The van der Waals surface area contributed by atoms with Crippen molar-refractivity contribution in [3.63, 3.8) is 0 Å². The van der Waals surface area contributed by atoms with Gasteiger partial charge in [0.1, 0.15) is 13.2 Å². The van der Waals surface area contributed by atoms with Crippen LogP contribution in [0.5, 0.6) is 0 Å². The van der Waals surface area contributed by atoms with Gasteiger partial charge in [0.15, 0.2) is 0 Å². The van der Waals surface area contributed by atoms with E-state index in [2.05, 4.69) is 67.8 Å². The molecule has 0 aromatic carbocycles. The predicted octanol–water partition coefficient (Wildman–Crippen LogP) is 10.7. The fourth-order valence-corrected chi connectivity index (χ4v) is 6.46. The number of amides is 1. The fourth-order valence-electron chi connectivity index (χ4n) is 5.73. The van der Waals surface area contributed by atoms with Gasteiger partial charge in [0.2, 0.25) is 5.91 Å². The van der Waals surface area contributed by atoms with E-state index in [1.54, 1.807) is 0 Å². The molecule has 0 aromatic rings. The van der Waals surface area contributed by atoms with E-state index >= 15 is 0 Å². The summed E-state index contributed by atoms with van der Waals surface area (Å²) in [6, 6.07) is -0.798. The normalized spacial score (nSPS) is 15.0. The molecule has 1 amide bonds. The molecule has 0 aliphatic heterocycles. The number of hydrogen-bond acceptors (Lipinski definition) is 6. The van der Waals surface area contributed by atoms with Crippen LogP contribution in [0.2, 0.25) is 0 Å². The number of aliphatic hydroxyl groups is 1. The number of carbonyl (C=O) groups excluding carboxylic acids is 1. The Labute approximate surface area is 320 Å². The molecule has 0 heterocycles. The van der Waals surface area contributed by atoms with Crippen molar-refractivity contribution in [2.24, 2.45) is 0 Å². The van der Waals surface area contributed by atoms with Crippen LogP contribution in [0, 0.1) is 0 Å². The number of unbranched alkanes of at least 4 members (excludes halogenated alkanes) is 16. The number of carbonyl (C=O) groups is 1. The third-order valence-electron chi connectivity index (χ3n) is 9.08. The first-order valence-electron chi connectivity index (χ1n) is 21.0. The SMILES string of the molecule is CC/C=C\C/C=C\C/C=C\C/C=C\CCCCCCCCCCCCCCC(=O)NC(COP(=O)([O-])OCC[N+](C)(C)C)C(O)CCCCCCC. The highest BCUT2D eigenvalue weighted by Gasteiger charge is 2.24. The minimum absolute atomic E-state index is 0.00942. The quantitative estimate of drug-likeness (QED) is 0.0283. The second kappa shape index (κ2) is 35.2. The molecule has 8 nitrogen and oxygen atoms in total. The number of phosphoric acid groups is 1. The molecule has 9 heteroatoms. The van der Waals surface area contributed by atoms with E-state index in [0.717, 1.165) is 77.0 Å². The molecule has 52 heavy (non-hydrogen) atoms. The molecule has 0 aliphatic carbocycles. The molecule has 0 radical (unpaired) electrons. The summed E-state index contributed by atoms with van der Waals surface area (Å²) in [5.74, 6) is -0.177. The first kappa shape index (κ1) is 50.5. The molecule has 3 unspecified atom stereocenters. The van der Waals surface area contributed by atoms with Crippen LogP contribution in [0.15, 0.2) is 48.6 Å². The molecule has 0 saturated carbocycles. The van der Waals surface area contributed by atoms with E-state index in [1.165, 1.54) is 64.2 Å². The van der Waals surface area contributed by atoms with Crippen LogP contribution in [0.3, 0.4) is 0 Å². The van der Waals surface area contributed by atoms with Crippen molar-refractivity contribution < 1.29 is 32.9 Å². The van der Waals surface area contributed by atoms with Crippen LogP contribution in [0.25, 0.3) is 0 Å². The Kier molecular flexibility index (Phi) is 34.1. The number of nitrogens with one attached hydrogen (secondary N) is 1. The first-order chi connectivity index (χ1) is 25.0. The van der Waals surface area contributed by atoms with Crippen LogP contribution in [-0.2, 0) is 18.4 Å². The zero-order chi connectivity index (χ0) is 38.6. The van der Waals surface area contributed by atoms with Crippen LogP contribution >= 0.6 is 7.82 Å². The topological polar surface area (TPSA) is 108 Å². The lowest BCUT2D eigenvalue weighted by molar-refractivity contribution is -0.870. The number of phosphoric ester groups is 1. The second-order valence-corrected chi connectivity index (χ2v) is 16.7. The summed E-state index contributed by atoms with van der Waals surface area (Å²) in [4.78, 5) is 25.1. The number of rotatable bonds is 37. The Morgan fingerprint density at radius 2 is 1.17 bits per heavy atom. The van der Waals surface area contributed by atoms with E-state index in [0.29, 0.717) is 23.9 Å². The fraction of sp³-hybridized carbons (Fsp3) is 0.791. The summed E-state index contributed by atoms with van der Waals surface area (Å²) in [5.41, 5.74) is 0. The van der Waals surface area contributed by atoms with E-state index in [-0.39, 0.29) is 19.1 Å². The summed E-state index contributed by atoms with van der Waals surface area (Å²) in [6.45, 7) is 4.49. The molecule has 0 bridgehead atoms. The smallest absolute Gasteiger partial charge is 0.268 e. The van der Waals surface area contributed by atoms with Crippen molar-refractivity contribution in [2.75, 3.05) is 40.9 Å². The number of hydrogen-bond donors (Lipinski definition) is 2. The van der Waals surface area contributed by atoms with Gasteiger partial charge in [-0.25, -0.2) is 0 Å². The summed E-state index contributed by atoms with van der Waals surface area (Å²) in [6.07, 6.45) is 43.1. The van der Waals surface area contributed by atoms with E-state index in [4.69, 9.17) is 9.05 Å². The monoisotopic (exact) mass is 753 g/mol. The van der Waals surface area contributed by atoms with Crippen LogP contribution in [0.1, 0.15) is 168 Å². The largest absolute Gasteiger partial charge is 0.756 e. The first-order valence-corrected chi connectivity index (χ1v) is 22.4. The van der Waals surface area contributed by atoms with Crippen molar-refractivity contribution in [2.45, 2.75) is 180 Å². The Morgan fingerprint density at radius 3 is 1.71 bits per heavy atom. The molecule has 0 saturated heterocycles. The van der Waals surface area contributed by atoms with Gasteiger partial charge in [-0.15, -0.1) is 0 Å². The van der Waals surface area contributed by atoms with Gasteiger partial charge in [-0.05, 0) is 51.4 Å². The van der Waals surface area contributed by atoms with Crippen LogP contribution in [0.4, 0.5) is 0 Å². The number of nitrogens with zero attached hydrogens (tertiary/aromatic N) is 1. The second-order valence-electron chi connectivity index (χ2n) is 15.3. The van der Waals surface area contributed by atoms with E-state index < -0.39 is 20.0 Å². The van der Waals surface area contributed by atoms with Gasteiger partial charge in [0, 0.05) is 6.42 Å². The van der Waals surface area contributed by atoms with Crippen LogP contribution < -0.4 is 10.2 Å². The molecule has 304 valence electrons. The molecule has 0 fully saturated rings. The van der Waals surface area contributed by atoms with Crippen molar-refractivity contribution in [3.8, 4) is 0 Å². The summed E-state index contributed by atoms with van der Waals surface area (Å²) >= 11 is 0. The maximum absolute atomic E-state index is 12.7. The number of likely N-dealkylation sites (N-methyl/N-ethyl adjacent to an activating group) is 1. The molecule has 0 spiro atoms. The zero-order valence-corrected chi connectivity index (χ0v) is 35.1. The average Bonchev–Trinajstić information content (AvgIpc) is 3.09. The van der Waals surface area contributed by atoms with Crippen molar-refractivity contribution in [1.82, 2.24) is 5.32 Å². The highest BCUT2D eigenvalue weighted by atomic mass is 31.2. The lowest BCUT2D eigenvalue weighted by Gasteiger charge is -2.30.